The van der Waals surface area contributed by atoms with Gasteiger partial charge < -0.3 is 10.2 Å². The molecule has 0 saturated heterocycles. The van der Waals surface area contributed by atoms with Crippen molar-refractivity contribution in [3.8, 4) is 0 Å². The summed E-state index contributed by atoms with van der Waals surface area (Å²) in [5.41, 5.74) is 1.31. The lowest BCUT2D eigenvalue weighted by Gasteiger charge is -2.17. The third kappa shape index (κ3) is 5.52. The Kier molecular flexibility index (Phi) is 6.26. The standard InChI is InChI=1S/C16H19BrN2OS/c1-19(12-14-9-10-15(17)21-14)16(20)18-11-5-8-13-6-3-2-4-7-13/h2-4,6-7,9-10H,5,8,11-12H2,1H3,(H,18,20). The average Bonchev–Trinajstić information content (AvgIpc) is 2.89. The summed E-state index contributed by atoms with van der Waals surface area (Å²) in [6.07, 6.45) is 1.94. The van der Waals surface area contributed by atoms with Crippen molar-refractivity contribution in [2.45, 2.75) is 19.4 Å². The average molecular weight is 367 g/mol. The number of urea groups is 1. The summed E-state index contributed by atoms with van der Waals surface area (Å²) in [4.78, 5) is 14.9. The topological polar surface area (TPSA) is 32.3 Å². The summed E-state index contributed by atoms with van der Waals surface area (Å²) < 4.78 is 1.09. The van der Waals surface area contributed by atoms with Gasteiger partial charge in [0.25, 0.3) is 0 Å². The van der Waals surface area contributed by atoms with Gasteiger partial charge in [0.05, 0.1) is 10.3 Å². The molecule has 3 nitrogen and oxygen atoms in total. The van der Waals surface area contributed by atoms with Crippen LogP contribution in [0.25, 0.3) is 0 Å². The Morgan fingerprint density at radius 1 is 1.24 bits per heavy atom. The molecule has 1 aromatic heterocycles. The number of thiophene rings is 1. The van der Waals surface area contributed by atoms with Gasteiger partial charge in [0, 0.05) is 18.5 Å². The van der Waals surface area contributed by atoms with Gasteiger partial charge in [-0.3, -0.25) is 0 Å². The Bertz CT molecular complexity index is 571. The van der Waals surface area contributed by atoms with Crippen LogP contribution in [0.5, 0.6) is 0 Å². The molecule has 0 spiro atoms. The molecule has 112 valence electrons. The van der Waals surface area contributed by atoms with E-state index in [1.54, 1.807) is 16.2 Å². The van der Waals surface area contributed by atoms with E-state index in [1.807, 2.05) is 37.4 Å². The molecule has 0 bridgehead atoms. The van der Waals surface area contributed by atoms with E-state index in [0.717, 1.165) is 16.6 Å². The van der Waals surface area contributed by atoms with Gasteiger partial charge in [-0.15, -0.1) is 11.3 Å². The molecule has 2 amide bonds. The number of carbonyl (C=O) groups is 1. The highest BCUT2D eigenvalue weighted by Gasteiger charge is 2.09. The number of amides is 2. The molecule has 0 unspecified atom stereocenters. The van der Waals surface area contributed by atoms with Gasteiger partial charge in [0.1, 0.15) is 0 Å². The Hall–Kier alpha value is -1.33. The Morgan fingerprint density at radius 2 is 2.00 bits per heavy atom. The fourth-order valence-electron chi connectivity index (χ4n) is 2.01. The summed E-state index contributed by atoms with van der Waals surface area (Å²) in [6.45, 7) is 1.34. The van der Waals surface area contributed by atoms with Gasteiger partial charge in [-0.2, -0.15) is 0 Å². The van der Waals surface area contributed by atoms with E-state index >= 15 is 0 Å². The number of nitrogens with one attached hydrogen (secondary N) is 1. The molecule has 0 saturated carbocycles. The van der Waals surface area contributed by atoms with Crippen LogP contribution < -0.4 is 5.32 Å². The van der Waals surface area contributed by atoms with Crippen molar-refractivity contribution in [1.82, 2.24) is 10.2 Å². The Balaban J connectivity index is 1.67. The lowest BCUT2D eigenvalue weighted by molar-refractivity contribution is 0.207. The highest BCUT2D eigenvalue weighted by molar-refractivity contribution is 9.11. The molecule has 0 aliphatic carbocycles. The van der Waals surface area contributed by atoms with Crippen LogP contribution in [0.2, 0.25) is 0 Å². The predicted molar refractivity (Wildman–Crippen MR) is 91.6 cm³/mol. The van der Waals surface area contributed by atoms with Crippen LogP contribution >= 0.6 is 27.3 Å². The van der Waals surface area contributed by atoms with Gasteiger partial charge in [-0.1, -0.05) is 30.3 Å². The van der Waals surface area contributed by atoms with Crippen LogP contribution in [0.4, 0.5) is 4.79 Å². The van der Waals surface area contributed by atoms with Crippen molar-refractivity contribution in [3.63, 3.8) is 0 Å². The lowest BCUT2D eigenvalue weighted by Crippen LogP contribution is -2.37. The monoisotopic (exact) mass is 366 g/mol. The molecule has 1 heterocycles. The number of carbonyl (C=O) groups excluding carboxylic acids is 1. The number of rotatable bonds is 6. The third-order valence-electron chi connectivity index (χ3n) is 3.13. The first-order valence-electron chi connectivity index (χ1n) is 6.92. The van der Waals surface area contributed by atoms with Gasteiger partial charge in [-0.25, -0.2) is 4.79 Å². The summed E-state index contributed by atoms with van der Waals surface area (Å²) in [6, 6.07) is 14.3. The molecule has 0 atom stereocenters. The Labute approximate surface area is 138 Å². The predicted octanol–water partition coefficient (Wildman–Crippen LogP) is 4.28. The lowest BCUT2D eigenvalue weighted by atomic mass is 10.1. The molecule has 1 aromatic carbocycles. The summed E-state index contributed by atoms with van der Waals surface area (Å²) >= 11 is 5.09. The van der Waals surface area contributed by atoms with Gasteiger partial charge >= 0.3 is 6.03 Å². The maximum absolute atomic E-state index is 12.0. The van der Waals surface area contributed by atoms with Crippen molar-refractivity contribution >= 4 is 33.3 Å². The van der Waals surface area contributed by atoms with E-state index in [1.165, 1.54) is 10.4 Å². The molecule has 0 aliphatic rings. The molecule has 2 aromatic rings. The minimum atomic E-state index is -0.0208. The van der Waals surface area contributed by atoms with E-state index in [9.17, 15) is 4.79 Å². The molecular formula is C16H19BrN2OS. The van der Waals surface area contributed by atoms with Crippen LogP contribution in [0.3, 0.4) is 0 Å². The van der Waals surface area contributed by atoms with Gasteiger partial charge in [0.2, 0.25) is 0 Å². The van der Waals surface area contributed by atoms with E-state index in [4.69, 9.17) is 0 Å². The number of aryl methyl sites for hydroxylation is 1. The smallest absolute Gasteiger partial charge is 0.317 e. The minimum Gasteiger partial charge on any atom is -0.338 e. The van der Waals surface area contributed by atoms with E-state index in [2.05, 4.69) is 33.4 Å². The zero-order valence-electron chi connectivity index (χ0n) is 12.0. The van der Waals surface area contributed by atoms with Crippen molar-refractivity contribution < 1.29 is 4.79 Å². The second-order valence-electron chi connectivity index (χ2n) is 4.88. The molecule has 21 heavy (non-hydrogen) atoms. The first kappa shape index (κ1) is 16.0. The first-order chi connectivity index (χ1) is 10.1. The molecule has 2 rings (SSSR count). The normalized spacial score (nSPS) is 10.4. The number of halogens is 1. The van der Waals surface area contributed by atoms with Crippen LogP contribution in [-0.2, 0) is 13.0 Å². The van der Waals surface area contributed by atoms with E-state index in [-0.39, 0.29) is 6.03 Å². The summed E-state index contributed by atoms with van der Waals surface area (Å²) in [7, 11) is 1.82. The van der Waals surface area contributed by atoms with Gasteiger partial charge in [0.15, 0.2) is 0 Å². The summed E-state index contributed by atoms with van der Waals surface area (Å²) in [5, 5.41) is 2.96. The van der Waals surface area contributed by atoms with Crippen LogP contribution in [0, 0.1) is 0 Å². The fraction of sp³-hybridized carbons (Fsp3) is 0.312. The maximum Gasteiger partial charge on any atom is 0.317 e. The minimum absolute atomic E-state index is 0.0208. The number of benzene rings is 1. The molecule has 5 heteroatoms. The van der Waals surface area contributed by atoms with Crippen molar-refractivity contribution in [2.75, 3.05) is 13.6 Å². The van der Waals surface area contributed by atoms with Crippen molar-refractivity contribution in [1.29, 1.82) is 0 Å². The number of hydrogen-bond donors (Lipinski definition) is 1. The first-order valence-corrected chi connectivity index (χ1v) is 8.53. The van der Waals surface area contributed by atoms with Crippen molar-refractivity contribution in [2.24, 2.45) is 0 Å². The SMILES string of the molecule is CN(Cc1ccc(Br)s1)C(=O)NCCCc1ccccc1. The maximum atomic E-state index is 12.0. The van der Waals surface area contributed by atoms with Crippen LogP contribution in [0.1, 0.15) is 16.9 Å². The second kappa shape index (κ2) is 8.20. The second-order valence-corrected chi connectivity index (χ2v) is 7.43. The molecule has 0 radical (unpaired) electrons. The fourth-order valence-corrected chi connectivity index (χ4v) is 3.55. The molecule has 0 fully saturated rings. The van der Waals surface area contributed by atoms with Crippen molar-refractivity contribution in [3.05, 3.63) is 56.7 Å². The van der Waals surface area contributed by atoms with Gasteiger partial charge in [-0.05, 0) is 46.5 Å². The van der Waals surface area contributed by atoms with Crippen LogP contribution in [-0.4, -0.2) is 24.5 Å². The van der Waals surface area contributed by atoms with E-state index in [0.29, 0.717) is 13.1 Å². The third-order valence-corrected chi connectivity index (χ3v) is 4.74. The number of nitrogens with zero attached hydrogens (tertiary/aromatic N) is 1. The Morgan fingerprint density at radius 3 is 2.67 bits per heavy atom. The van der Waals surface area contributed by atoms with E-state index < -0.39 is 0 Å². The molecule has 1 N–H and O–H groups in total. The molecule has 0 aliphatic heterocycles. The highest BCUT2D eigenvalue weighted by atomic mass is 79.9. The zero-order chi connectivity index (χ0) is 15.1. The quantitative estimate of drug-likeness (QED) is 0.760. The summed E-state index contributed by atoms with van der Waals surface area (Å²) in [5.74, 6) is 0. The number of hydrogen-bond acceptors (Lipinski definition) is 2. The zero-order valence-corrected chi connectivity index (χ0v) is 14.4. The van der Waals surface area contributed by atoms with Crippen LogP contribution in [0.15, 0.2) is 46.3 Å². The largest absolute Gasteiger partial charge is 0.338 e. The molecular weight excluding hydrogens is 348 g/mol. The highest BCUT2D eigenvalue weighted by Crippen LogP contribution is 2.22.